The first-order chi connectivity index (χ1) is 6.52. The zero-order chi connectivity index (χ0) is 11.1. The zero-order valence-electron chi connectivity index (χ0n) is 8.41. The molecule has 14 heavy (non-hydrogen) atoms. The molecule has 0 rings (SSSR count). The molecule has 0 aliphatic carbocycles. The van der Waals surface area contributed by atoms with Gasteiger partial charge in [-0.1, -0.05) is 6.92 Å². The SMILES string of the molecule is C#CCC(CC)C(=O)NC(C)C(=O)O. The Morgan fingerprint density at radius 2 is 2.14 bits per heavy atom. The van der Waals surface area contributed by atoms with Gasteiger partial charge in [-0.2, -0.15) is 0 Å². The van der Waals surface area contributed by atoms with Gasteiger partial charge in [0.15, 0.2) is 0 Å². The molecule has 0 aliphatic heterocycles. The van der Waals surface area contributed by atoms with Crippen LogP contribution < -0.4 is 5.32 Å². The van der Waals surface area contributed by atoms with E-state index in [0.29, 0.717) is 12.8 Å². The number of hydrogen-bond acceptors (Lipinski definition) is 2. The number of carboxylic acids is 1. The second-order valence-corrected chi connectivity index (χ2v) is 3.08. The topological polar surface area (TPSA) is 66.4 Å². The summed E-state index contributed by atoms with van der Waals surface area (Å²) in [7, 11) is 0. The van der Waals surface area contributed by atoms with E-state index in [-0.39, 0.29) is 11.8 Å². The van der Waals surface area contributed by atoms with Crippen molar-refractivity contribution in [1.82, 2.24) is 5.32 Å². The normalized spacial score (nSPS) is 13.8. The average Bonchev–Trinajstić information content (AvgIpc) is 2.13. The highest BCUT2D eigenvalue weighted by Gasteiger charge is 2.19. The van der Waals surface area contributed by atoms with E-state index >= 15 is 0 Å². The summed E-state index contributed by atoms with van der Waals surface area (Å²) in [5.41, 5.74) is 0. The molecule has 0 aromatic carbocycles. The van der Waals surface area contributed by atoms with Crippen molar-refractivity contribution in [3.63, 3.8) is 0 Å². The molecule has 0 heterocycles. The molecule has 4 heteroatoms. The number of terminal acetylenes is 1. The van der Waals surface area contributed by atoms with Gasteiger partial charge < -0.3 is 10.4 Å². The largest absolute Gasteiger partial charge is 0.480 e. The predicted octanol–water partition coefficient (Wildman–Crippen LogP) is 0.625. The second-order valence-electron chi connectivity index (χ2n) is 3.08. The molecule has 0 spiro atoms. The molecule has 0 saturated carbocycles. The first kappa shape index (κ1) is 12.5. The van der Waals surface area contributed by atoms with Crippen LogP contribution in [-0.2, 0) is 9.59 Å². The molecule has 0 bridgehead atoms. The number of amides is 1. The van der Waals surface area contributed by atoms with E-state index in [1.54, 1.807) is 0 Å². The van der Waals surface area contributed by atoms with Crippen molar-refractivity contribution in [2.75, 3.05) is 0 Å². The molecule has 0 fully saturated rings. The lowest BCUT2D eigenvalue weighted by atomic mass is 10.0. The van der Waals surface area contributed by atoms with E-state index in [0.717, 1.165) is 0 Å². The first-order valence-electron chi connectivity index (χ1n) is 4.49. The van der Waals surface area contributed by atoms with E-state index in [1.165, 1.54) is 6.92 Å². The van der Waals surface area contributed by atoms with Crippen LogP contribution in [0.4, 0.5) is 0 Å². The van der Waals surface area contributed by atoms with Gasteiger partial charge >= 0.3 is 5.97 Å². The van der Waals surface area contributed by atoms with Crippen LogP contribution in [0.5, 0.6) is 0 Å². The van der Waals surface area contributed by atoms with Crippen molar-refractivity contribution in [2.45, 2.75) is 32.7 Å². The number of hydrogen-bond donors (Lipinski definition) is 2. The van der Waals surface area contributed by atoms with Gasteiger partial charge in [0.25, 0.3) is 0 Å². The van der Waals surface area contributed by atoms with E-state index in [9.17, 15) is 9.59 Å². The Bertz CT molecular complexity index is 255. The molecule has 0 aromatic rings. The molecular weight excluding hydrogens is 182 g/mol. The molecule has 0 aromatic heterocycles. The van der Waals surface area contributed by atoms with E-state index in [4.69, 9.17) is 11.5 Å². The quantitative estimate of drug-likeness (QED) is 0.635. The third kappa shape index (κ3) is 3.94. The minimum Gasteiger partial charge on any atom is -0.480 e. The number of carbonyl (C=O) groups is 2. The fourth-order valence-electron chi connectivity index (χ4n) is 0.958. The molecule has 0 saturated heterocycles. The Labute approximate surface area is 83.7 Å². The van der Waals surface area contributed by atoms with Crippen LogP contribution in [0.1, 0.15) is 26.7 Å². The average molecular weight is 197 g/mol. The predicted molar refractivity (Wildman–Crippen MR) is 52.5 cm³/mol. The van der Waals surface area contributed by atoms with Crippen LogP contribution in [-0.4, -0.2) is 23.0 Å². The standard InChI is InChI=1S/C10H15NO3/c1-4-6-8(5-2)9(12)11-7(3)10(13)14/h1,7-8H,5-6H2,2-3H3,(H,11,12)(H,13,14). The highest BCUT2D eigenvalue weighted by molar-refractivity contribution is 5.84. The van der Waals surface area contributed by atoms with Crippen LogP contribution >= 0.6 is 0 Å². The van der Waals surface area contributed by atoms with Crippen molar-refractivity contribution in [2.24, 2.45) is 5.92 Å². The van der Waals surface area contributed by atoms with Crippen molar-refractivity contribution >= 4 is 11.9 Å². The third-order valence-electron chi connectivity index (χ3n) is 1.96. The summed E-state index contributed by atoms with van der Waals surface area (Å²) in [6, 6.07) is -0.866. The zero-order valence-corrected chi connectivity index (χ0v) is 8.41. The van der Waals surface area contributed by atoms with Crippen molar-refractivity contribution in [3.8, 4) is 12.3 Å². The Morgan fingerprint density at radius 3 is 2.50 bits per heavy atom. The van der Waals surface area contributed by atoms with Gasteiger partial charge in [0, 0.05) is 12.3 Å². The van der Waals surface area contributed by atoms with Gasteiger partial charge in [0.1, 0.15) is 6.04 Å². The van der Waals surface area contributed by atoms with Crippen LogP contribution in [0.3, 0.4) is 0 Å². The maximum absolute atomic E-state index is 11.4. The summed E-state index contributed by atoms with van der Waals surface area (Å²) < 4.78 is 0. The Morgan fingerprint density at radius 1 is 1.57 bits per heavy atom. The number of carbonyl (C=O) groups excluding carboxylic acids is 1. The van der Waals surface area contributed by atoms with E-state index in [1.807, 2.05) is 6.92 Å². The van der Waals surface area contributed by atoms with Crippen molar-refractivity contribution in [3.05, 3.63) is 0 Å². The molecule has 0 aliphatic rings. The Hall–Kier alpha value is -1.50. The van der Waals surface area contributed by atoms with Crippen LogP contribution in [0.2, 0.25) is 0 Å². The van der Waals surface area contributed by atoms with Gasteiger partial charge in [-0.3, -0.25) is 9.59 Å². The molecule has 4 nitrogen and oxygen atoms in total. The highest BCUT2D eigenvalue weighted by Crippen LogP contribution is 2.07. The van der Waals surface area contributed by atoms with Crippen molar-refractivity contribution < 1.29 is 14.7 Å². The van der Waals surface area contributed by atoms with E-state index in [2.05, 4.69) is 11.2 Å². The fourth-order valence-corrected chi connectivity index (χ4v) is 0.958. The Kier molecular flexibility index (Phi) is 5.38. The summed E-state index contributed by atoms with van der Waals surface area (Å²) in [5.74, 6) is 0.765. The number of carboxylic acid groups (broad SMARTS) is 1. The highest BCUT2D eigenvalue weighted by atomic mass is 16.4. The first-order valence-corrected chi connectivity index (χ1v) is 4.49. The maximum Gasteiger partial charge on any atom is 0.325 e. The Balaban J connectivity index is 4.18. The van der Waals surface area contributed by atoms with Gasteiger partial charge in [-0.25, -0.2) is 0 Å². The van der Waals surface area contributed by atoms with Gasteiger partial charge in [0.2, 0.25) is 5.91 Å². The second kappa shape index (κ2) is 6.03. The number of rotatable bonds is 5. The van der Waals surface area contributed by atoms with Gasteiger partial charge in [-0.05, 0) is 13.3 Å². The summed E-state index contributed by atoms with van der Waals surface area (Å²) in [4.78, 5) is 21.9. The molecule has 2 atom stereocenters. The molecule has 0 radical (unpaired) electrons. The van der Waals surface area contributed by atoms with E-state index < -0.39 is 12.0 Å². The smallest absolute Gasteiger partial charge is 0.325 e. The van der Waals surface area contributed by atoms with Gasteiger partial charge in [-0.15, -0.1) is 12.3 Å². The minimum atomic E-state index is -1.05. The summed E-state index contributed by atoms with van der Waals surface area (Å²) >= 11 is 0. The molecule has 1 amide bonds. The number of nitrogens with one attached hydrogen (secondary N) is 1. The fraction of sp³-hybridized carbons (Fsp3) is 0.600. The number of aliphatic carboxylic acids is 1. The minimum absolute atomic E-state index is 0.290. The van der Waals surface area contributed by atoms with Crippen LogP contribution in [0, 0.1) is 18.3 Å². The summed E-state index contributed by atoms with van der Waals surface area (Å²) in [6.07, 6.45) is 6.04. The lowest BCUT2D eigenvalue weighted by molar-refractivity contribution is -0.141. The third-order valence-corrected chi connectivity index (χ3v) is 1.96. The molecule has 2 unspecified atom stereocenters. The molecule has 78 valence electrons. The summed E-state index contributed by atoms with van der Waals surface area (Å²) in [6.45, 7) is 3.26. The summed E-state index contributed by atoms with van der Waals surface area (Å²) in [5, 5.41) is 10.9. The maximum atomic E-state index is 11.4. The van der Waals surface area contributed by atoms with Gasteiger partial charge in [0.05, 0.1) is 0 Å². The molecule has 2 N–H and O–H groups in total. The van der Waals surface area contributed by atoms with Crippen LogP contribution in [0.15, 0.2) is 0 Å². The van der Waals surface area contributed by atoms with Crippen LogP contribution in [0.25, 0.3) is 0 Å². The van der Waals surface area contributed by atoms with Crippen molar-refractivity contribution in [1.29, 1.82) is 0 Å². The molecular formula is C10H15NO3. The lowest BCUT2D eigenvalue weighted by Crippen LogP contribution is -2.41. The lowest BCUT2D eigenvalue weighted by Gasteiger charge is -2.14. The monoisotopic (exact) mass is 197 g/mol.